The van der Waals surface area contributed by atoms with Crippen LogP contribution in [0.15, 0.2) is 53.4 Å². The fourth-order valence-electron chi connectivity index (χ4n) is 4.52. The van der Waals surface area contributed by atoms with Gasteiger partial charge < -0.3 is 19.5 Å². The number of rotatable bonds is 14. The minimum Gasteiger partial charge on any atom is -0.454 e. The zero-order chi connectivity index (χ0) is 30.9. The first kappa shape index (κ1) is 32.8. The number of nitrogens with one attached hydrogen (secondary N) is 1. The van der Waals surface area contributed by atoms with Gasteiger partial charge in [-0.2, -0.15) is 9.57 Å². The lowest BCUT2D eigenvalue weighted by Crippen LogP contribution is -2.60. The minimum absolute atomic E-state index is 0.0103. The van der Waals surface area contributed by atoms with Crippen LogP contribution in [0.1, 0.15) is 32.3 Å². The zero-order valence-electron chi connectivity index (χ0n) is 24.4. The predicted molar refractivity (Wildman–Crippen MR) is 154 cm³/mol. The molecule has 1 aliphatic rings. The van der Waals surface area contributed by atoms with Gasteiger partial charge in [0.15, 0.2) is 11.5 Å². The number of nitrogens with zero attached hydrogens (tertiary/aromatic N) is 4. The third kappa shape index (κ3) is 8.90. The summed E-state index contributed by atoms with van der Waals surface area (Å²) in [6, 6.07) is 14.3. The van der Waals surface area contributed by atoms with E-state index < -0.39 is 34.0 Å². The Morgan fingerprint density at radius 2 is 1.76 bits per heavy atom. The number of fused-ring (bicyclic) bond motifs is 1. The lowest BCUT2D eigenvalue weighted by atomic mass is 9.99. The summed E-state index contributed by atoms with van der Waals surface area (Å²) in [4.78, 5) is 27.7. The van der Waals surface area contributed by atoms with E-state index in [0.29, 0.717) is 11.5 Å². The molecule has 1 unspecified atom stereocenters. The maximum atomic E-state index is 13.9. The van der Waals surface area contributed by atoms with Crippen molar-refractivity contribution in [3.63, 3.8) is 0 Å². The highest BCUT2D eigenvalue weighted by molar-refractivity contribution is 7.89. The van der Waals surface area contributed by atoms with Gasteiger partial charge in [0.2, 0.25) is 22.7 Å². The number of benzene rings is 2. The van der Waals surface area contributed by atoms with Crippen molar-refractivity contribution in [3.8, 4) is 17.6 Å². The smallest absolute Gasteiger partial charge is 0.252 e. The van der Waals surface area contributed by atoms with E-state index in [9.17, 15) is 23.1 Å². The van der Waals surface area contributed by atoms with Gasteiger partial charge in [-0.1, -0.05) is 44.2 Å². The maximum absolute atomic E-state index is 13.9. The van der Waals surface area contributed by atoms with E-state index in [1.54, 1.807) is 31.1 Å². The summed E-state index contributed by atoms with van der Waals surface area (Å²) in [5.74, 6) is -0.421. The third-order valence-electron chi connectivity index (χ3n) is 6.43. The third-order valence-corrected chi connectivity index (χ3v) is 8.26. The van der Waals surface area contributed by atoms with Crippen LogP contribution in [-0.2, 0) is 26.0 Å². The second-order valence-corrected chi connectivity index (χ2v) is 12.7. The van der Waals surface area contributed by atoms with Crippen molar-refractivity contribution in [3.05, 3.63) is 54.1 Å². The van der Waals surface area contributed by atoms with Crippen molar-refractivity contribution in [2.45, 2.75) is 50.2 Å². The first-order valence-electron chi connectivity index (χ1n) is 13.7. The number of likely N-dealkylation sites (N-methyl/N-ethyl adjacent to an activating group) is 1. The molecule has 1 aliphatic heterocycles. The van der Waals surface area contributed by atoms with E-state index in [1.165, 1.54) is 22.5 Å². The molecule has 42 heavy (non-hydrogen) atoms. The van der Waals surface area contributed by atoms with Crippen molar-refractivity contribution in [1.29, 1.82) is 5.26 Å². The average Bonchev–Trinajstić information content (AvgIpc) is 3.41. The van der Waals surface area contributed by atoms with Gasteiger partial charge >= 0.3 is 0 Å². The molecule has 0 aliphatic carbocycles. The zero-order valence-corrected chi connectivity index (χ0v) is 25.2. The normalized spacial score (nSPS) is 14.1. The standard InChI is InChI=1S/C29H39N5O7S/c1-21(2)17-33(42(38,39)23-12-13-26-27(16-23)41-20-40-26)18-25(35)24(15-22-9-6-5-7-10-22)34(29(37)11-8-14-30)31-28(36)19-32(3)4/h5-7,9-10,12-13,16,21,24-25,35H,8,11,15,17-20H2,1-4H3,(H,31,36)/t24?,25-/m1/s1. The molecule has 0 bridgehead atoms. The van der Waals surface area contributed by atoms with Gasteiger partial charge in [-0.15, -0.1) is 0 Å². The van der Waals surface area contributed by atoms with Gasteiger partial charge in [0.1, 0.15) is 0 Å². The SMILES string of the molecule is CC(C)CN(C[C@@H](O)C(Cc1ccccc1)N(NC(=O)CN(C)C)C(=O)CCC#N)S(=O)(=O)c1ccc2c(c1)OCO2. The Balaban J connectivity index is 1.99. The number of hydrogen-bond donors (Lipinski definition) is 2. The Hall–Kier alpha value is -3.70. The van der Waals surface area contributed by atoms with Crippen LogP contribution in [0.3, 0.4) is 0 Å². The fourth-order valence-corrected chi connectivity index (χ4v) is 6.16. The van der Waals surface area contributed by atoms with E-state index in [-0.39, 0.29) is 56.5 Å². The highest BCUT2D eigenvalue weighted by Crippen LogP contribution is 2.35. The minimum atomic E-state index is -4.12. The molecule has 3 rings (SSSR count). The Kier molecular flexibility index (Phi) is 11.7. The molecule has 2 atom stereocenters. The van der Waals surface area contributed by atoms with Crippen LogP contribution in [0.25, 0.3) is 0 Å². The lowest BCUT2D eigenvalue weighted by molar-refractivity contribution is -0.148. The fraction of sp³-hybridized carbons (Fsp3) is 0.483. The number of aliphatic hydroxyl groups excluding tert-OH is 1. The van der Waals surface area contributed by atoms with Gasteiger partial charge in [0, 0.05) is 32.0 Å². The van der Waals surface area contributed by atoms with Gasteiger partial charge in [0.05, 0.1) is 29.7 Å². The van der Waals surface area contributed by atoms with Crippen molar-refractivity contribution in [1.82, 2.24) is 19.6 Å². The lowest BCUT2D eigenvalue weighted by Gasteiger charge is -2.37. The highest BCUT2D eigenvalue weighted by atomic mass is 32.2. The van der Waals surface area contributed by atoms with Crippen LogP contribution in [-0.4, -0.2) is 92.2 Å². The van der Waals surface area contributed by atoms with Gasteiger partial charge in [0.25, 0.3) is 5.91 Å². The molecular weight excluding hydrogens is 562 g/mol. The second-order valence-electron chi connectivity index (χ2n) is 10.7. The summed E-state index contributed by atoms with van der Waals surface area (Å²) >= 11 is 0. The number of hydrazine groups is 1. The molecule has 228 valence electrons. The number of carbonyl (C=O) groups excluding carboxylic acids is 2. The highest BCUT2D eigenvalue weighted by Gasteiger charge is 2.36. The van der Waals surface area contributed by atoms with Gasteiger partial charge in [-0.05, 0) is 44.1 Å². The number of nitriles is 1. The summed E-state index contributed by atoms with van der Waals surface area (Å²) in [6.07, 6.45) is -1.59. The number of hydrogen-bond acceptors (Lipinski definition) is 9. The Labute approximate surface area is 247 Å². The van der Waals surface area contributed by atoms with Crippen molar-refractivity contribution in [2.75, 3.05) is 40.5 Å². The molecule has 13 heteroatoms. The molecule has 2 aromatic carbocycles. The average molecular weight is 602 g/mol. The molecule has 2 amide bonds. The van der Waals surface area contributed by atoms with Crippen LogP contribution in [0.2, 0.25) is 0 Å². The molecule has 0 aromatic heterocycles. The van der Waals surface area contributed by atoms with Crippen LogP contribution < -0.4 is 14.9 Å². The summed E-state index contributed by atoms with van der Waals surface area (Å²) in [5.41, 5.74) is 3.37. The molecule has 2 N–H and O–H groups in total. The molecule has 1 heterocycles. The van der Waals surface area contributed by atoms with Crippen molar-refractivity contribution < 1.29 is 32.6 Å². The Bertz CT molecular complexity index is 1360. The van der Waals surface area contributed by atoms with E-state index in [1.807, 2.05) is 38.1 Å². The molecule has 12 nitrogen and oxygen atoms in total. The molecule has 2 aromatic rings. The summed E-state index contributed by atoms with van der Waals surface area (Å²) in [7, 11) is -0.727. The Morgan fingerprint density at radius 3 is 2.40 bits per heavy atom. The van der Waals surface area contributed by atoms with Crippen LogP contribution in [0, 0.1) is 17.2 Å². The molecule has 0 spiro atoms. The quantitative estimate of drug-likeness (QED) is 0.309. The van der Waals surface area contributed by atoms with Crippen molar-refractivity contribution in [2.24, 2.45) is 5.92 Å². The molecule has 0 saturated heterocycles. The molecule has 0 radical (unpaired) electrons. The van der Waals surface area contributed by atoms with E-state index >= 15 is 0 Å². The number of ether oxygens (including phenoxy) is 2. The summed E-state index contributed by atoms with van der Waals surface area (Å²) < 4.78 is 39.6. The first-order chi connectivity index (χ1) is 19.9. The topological polar surface area (TPSA) is 153 Å². The predicted octanol–water partition coefficient (Wildman–Crippen LogP) is 1.76. The molecule has 0 saturated carbocycles. The van der Waals surface area contributed by atoms with Gasteiger partial charge in [-0.25, -0.2) is 13.4 Å². The number of aliphatic hydroxyl groups is 1. The summed E-state index contributed by atoms with van der Waals surface area (Å²) in [5, 5.41) is 21.8. The van der Waals surface area contributed by atoms with E-state index in [4.69, 9.17) is 14.7 Å². The molecule has 0 fully saturated rings. The summed E-state index contributed by atoms with van der Waals surface area (Å²) in [6.45, 7) is 3.39. The van der Waals surface area contributed by atoms with Crippen LogP contribution in [0.5, 0.6) is 11.5 Å². The molecular formula is C29H39N5O7S. The van der Waals surface area contributed by atoms with Crippen LogP contribution >= 0.6 is 0 Å². The largest absolute Gasteiger partial charge is 0.454 e. The van der Waals surface area contributed by atoms with Gasteiger partial charge in [-0.3, -0.25) is 15.0 Å². The van der Waals surface area contributed by atoms with Crippen molar-refractivity contribution >= 4 is 21.8 Å². The first-order valence-corrected chi connectivity index (χ1v) is 15.1. The number of amides is 2. The van der Waals surface area contributed by atoms with Crippen LogP contribution in [0.4, 0.5) is 0 Å². The Morgan fingerprint density at radius 1 is 1.07 bits per heavy atom. The number of carbonyl (C=O) groups is 2. The maximum Gasteiger partial charge on any atom is 0.252 e. The second kappa shape index (κ2) is 15.0. The van der Waals surface area contributed by atoms with E-state index in [2.05, 4.69) is 5.43 Å². The monoisotopic (exact) mass is 601 g/mol. The number of sulfonamides is 1. The van der Waals surface area contributed by atoms with E-state index in [0.717, 1.165) is 10.6 Å².